The summed E-state index contributed by atoms with van der Waals surface area (Å²) in [5, 5.41) is 6.44. The Morgan fingerprint density at radius 3 is 2.90 bits per heavy atom. The molecule has 2 heterocycles. The molecule has 20 heavy (non-hydrogen) atoms. The van der Waals surface area contributed by atoms with Crippen LogP contribution in [-0.2, 0) is 17.2 Å². The van der Waals surface area contributed by atoms with Crippen LogP contribution in [0.3, 0.4) is 0 Å². The maximum Gasteiger partial charge on any atom is 0.253 e. The zero-order valence-corrected chi connectivity index (χ0v) is 12.3. The number of amides is 1. The van der Waals surface area contributed by atoms with Gasteiger partial charge < -0.3 is 10.6 Å². The number of hydrogen-bond acceptors (Lipinski definition) is 3. The number of carbonyl (C=O) groups is 1. The zero-order chi connectivity index (χ0) is 13.9. The number of nitrogens with one attached hydrogen (secondary N) is 2. The minimum atomic E-state index is -0.686. The van der Waals surface area contributed by atoms with E-state index in [1.165, 1.54) is 5.56 Å². The lowest BCUT2D eigenvalue weighted by Crippen LogP contribution is -2.40. The normalized spacial score (nSPS) is 25.4. The highest BCUT2D eigenvalue weighted by Gasteiger charge is 2.22. The smallest absolute Gasteiger partial charge is 0.253 e. The third kappa shape index (κ3) is 2.87. The fourth-order valence-corrected chi connectivity index (χ4v) is 4.20. The predicted molar refractivity (Wildman–Crippen MR) is 81.6 cm³/mol. The number of fused-ring (bicyclic) bond motifs is 1. The summed E-state index contributed by atoms with van der Waals surface area (Å²) in [5.41, 5.74) is 2.97. The Morgan fingerprint density at radius 1 is 1.30 bits per heavy atom. The van der Waals surface area contributed by atoms with Gasteiger partial charge in [-0.1, -0.05) is 12.1 Å². The largest absolute Gasteiger partial charge is 0.384 e. The first-order chi connectivity index (χ1) is 9.74. The second-order valence-electron chi connectivity index (χ2n) is 5.47. The van der Waals surface area contributed by atoms with E-state index in [1.807, 2.05) is 12.1 Å². The van der Waals surface area contributed by atoms with Gasteiger partial charge in [-0.15, -0.1) is 0 Å². The van der Waals surface area contributed by atoms with Crippen molar-refractivity contribution in [2.75, 3.05) is 23.4 Å². The minimum Gasteiger partial charge on any atom is -0.384 e. The van der Waals surface area contributed by atoms with Crippen molar-refractivity contribution in [1.82, 2.24) is 5.32 Å². The van der Waals surface area contributed by atoms with Gasteiger partial charge in [0.25, 0.3) is 5.91 Å². The lowest BCUT2D eigenvalue weighted by molar-refractivity contribution is 0.0935. The maximum atomic E-state index is 12.4. The molecule has 1 aromatic carbocycles. The molecule has 3 rings (SSSR count). The molecule has 0 saturated carbocycles. The standard InChI is InChI=1S/C15H20N2O2S/c18-15(17-12-6-9-20(19)10-7-12)13-5-1-3-11-4-2-8-16-14(11)13/h1,3,5,12,16H,2,4,6-10H2,(H,17,18). The van der Waals surface area contributed by atoms with E-state index in [0.717, 1.165) is 43.5 Å². The van der Waals surface area contributed by atoms with Crippen LogP contribution in [0.5, 0.6) is 0 Å². The topological polar surface area (TPSA) is 58.2 Å². The van der Waals surface area contributed by atoms with Crippen LogP contribution in [0.4, 0.5) is 5.69 Å². The molecule has 0 spiro atoms. The fraction of sp³-hybridized carbons (Fsp3) is 0.533. The van der Waals surface area contributed by atoms with Crippen LogP contribution < -0.4 is 10.6 Å². The molecule has 0 radical (unpaired) electrons. The fourth-order valence-electron chi connectivity index (χ4n) is 2.90. The molecule has 2 aliphatic rings. The molecule has 4 nitrogen and oxygen atoms in total. The van der Waals surface area contributed by atoms with Crippen molar-refractivity contribution in [3.05, 3.63) is 29.3 Å². The lowest BCUT2D eigenvalue weighted by atomic mass is 9.98. The van der Waals surface area contributed by atoms with E-state index < -0.39 is 10.8 Å². The van der Waals surface area contributed by atoms with Crippen molar-refractivity contribution >= 4 is 22.4 Å². The third-order valence-corrected chi connectivity index (χ3v) is 5.43. The van der Waals surface area contributed by atoms with Crippen molar-refractivity contribution in [2.45, 2.75) is 31.7 Å². The van der Waals surface area contributed by atoms with Crippen LogP contribution in [0.2, 0.25) is 0 Å². The molecule has 0 aliphatic carbocycles. The number of rotatable bonds is 2. The average molecular weight is 292 g/mol. The van der Waals surface area contributed by atoms with Gasteiger partial charge in [-0.2, -0.15) is 0 Å². The van der Waals surface area contributed by atoms with Gasteiger partial charge in [-0.25, -0.2) is 0 Å². The SMILES string of the molecule is O=C(NC1CCS(=O)CC1)c1cccc2c1NCCC2. The molecular weight excluding hydrogens is 272 g/mol. The molecular formula is C15H20N2O2S. The van der Waals surface area contributed by atoms with Gasteiger partial charge in [0.1, 0.15) is 0 Å². The second kappa shape index (κ2) is 5.95. The molecule has 0 bridgehead atoms. The van der Waals surface area contributed by atoms with E-state index in [4.69, 9.17) is 0 Å². The highest BCUT2D eigenvalue weighted by Crippen LogP contribution is 2.26. The zero-order valence-electron chi connectivity index (χ0n) is 11.5. The molecule has 1 saturated heterocycles. The molecule has 0 atom stereocenters. The molecule has 1 fully saturated rings. The summed E-state index contributed by atoms with van der Waals surface area (Å²) < 4.78 is 11.3. The first-order valence-corrected chi connectivity index (χ1v) is 8.74. The van der Waals surface area contributed by atoms with Gasteiger partial charge in [-0.05, 0) is 37.3 Å². The molecule has 2 N–H and O–H groups in total. The minimum absolute atomic E-state index is 0.00562. The summed E-state index contributed by atoms with van der Waals surface area (Å²) in [7, 11) is -0.686. The molecule has 0 unspecified atom stereocenters. The van der Waals surface area contributed by atoms with Gasteiger partial charge in [0.05, 0.1) is 11.3 Å². The number of benzene rings is 1. The van der Waals surface area contributed by atoms with Crippen molar-refractivity contribution in [1.29, 1.82) is 0 Å². The summed E-state index contributed by atoms with van der Waals surface area (Å²) in [4.78, 5) is 12.4. The Hall–Kier alpha value is -1.36. The van der Waals surface area contributed by atoms with Gasteiger partial charge >= 0.3 is 0 Å². The van der Waals surface area contributed by atoms with Crippen LogP contribution in [0, 0.1) is 0 Å². The predicted octanol–water partition coefficient (Wildman–Crippen LogP) is 1.69. The van der Waals surface area contributed by atoms with Crippen molar-refractivity contribution in [3.8, 4) is 0 Å². The summed E-state index contributed by atoms with van der Waals surface area (Å²) in [6.07, 6.45) is 3.79. The third-order valence-electron chi connectivity index (χ3n) is 4.04. The van der Waals surface area contributed by atoms with E-state index in [2.05, 4.69) is 16.7 Å². The Morgan fingerprint density at radius 2 is 2.10 bits per heavy atom. The van der Waals surface area contributed by atoms with E-state index in [-0.39, 0.29) is 11.9 Å². The monoisotopic (exact) mass is 292 g/mol. The highest BCUT2D eigenvalue weighted by molar-refractivity contribution is 7.85. The Bertz CT molecular complexity index is 535. The molecule has 1 aromatic rings. The number of anilines is 1. The van der Waals surface area contributed by atoms with E-state index in [1.54, 1.807) is 0 Å². The number of aryl methyl sites for hydroxylation is 1. The van der Waals surface area contributed by atoms with E-state index >= 15 is 0 Å². The summed E-state index contributed by atoms with van der Waals surface area (Å²) >= 11 is 0. The second-order valence-corrected chi connectivity index (χ2v) is 7.16. The Kier molecular flexibility index (Phi) is 4.05. The summed E-state index contributed by atoms with van der Waals surface area (Å²) in [6.45, 7) is 0.930. The first kappa shape index (κ1) is 13.6. The molecule has 1 amide bonds. The van der Waals surface area contributed by atoms with Crippen LogP contribution in [0.1, 0.15) is 35.2 Å². The molecule has 108 valence electrons. The molecule has 5 heteroatoms. The van der Waals surface area contributed by atoms with Crippen LogP contribution in [0.15, 0.2) is 18.2 Å². The Balaban J connectivity index is 1.72. The highest BCUT2D eigenvalue weighted by atomic mass is 32.2. The van der Waals surface area contributed by atoms with Gasteiger partial charge in [-0.3, -0.25) is 9.00 Å². The number of para-hydroxylation sites is 1. The number of carbonyl (C=O) groups excluding carboxylic acids is 1. The van der Waals surface area contributed by atoms with E-state index in [0.29, 0.717) is 11.5 Å². The van der Waals surface area contributed by atoms with Gasteiger partial charge in [0.2, 0.25) is 0 Å². The van der Waals surface area contributed by atoms with Crippen LogP contribution in [-0.4, -0.2) is 34.2 Å². The first-order valence-electron chi connectivity index (χ1n) is 7.25. The van der Waals surface area contributed by atoms with Crippen molar-refractivity contribution < 1.29 is 9.00 Å². The molecule has 0 aromatic heterocycles. The average Bonchev–Trinajstić information content (AvgIpc) is 2.49. The van der Waals surface area contributed by atoms with Crippen molar-refractivity contribution in [2.24, 2.45) is 0 Å². The molecule has 2 aliphatic heterocycles. The van der Waals surface area contributed by atoms with Crippen LogP contribution >= 0.6 is 0 Å². The van der Waals surface area contributed by atoms with Gasteiger partial charge in [0, 0.05) is 34.9 Å². The maximum absolute atomic E-state index is 12.4. The summed E-state index contributed by atoms with van der Waals surface area (Å²) in [5.74, 6) is 1.40. The Labute approximate surface area is 121 Å². The van der Waals surface area contributed by atoms with Crippen LogP contribution in [0.25, 0.3) is 0 Å². The quantitative estimate of drug-likeness (QED) is 0.872. The van der Waals surface area contributed by atoms with Crippen molar-refractivity contribution in [3.63, 3.8) is 0 Å². The van der Waals surface area contributed by atoms with E-state index in [9.17, 15) is 9.00 Å². The van der Waals surface area contributed by atoms with Gasteiger partial charge in [0.15, 0.2) is 0 Å². The lowest BCUT2D eigenvalue weighted by Gasteiger charge is -2.25. The summed E-state index contributed by atoms with van der Waals surface area (Å²) in [6, 6.07) is 6.09. The number of hydrogen-bond donors (Lipinski definition) is 2.